The predicted octanol–water partition coefficient (Wildman–Crippen LogP) is 0.447. The summed E-state index contributed by atoms with van der Waals surface area (Å²) in [6.45, 7) is 1.84. The van der Waals surface area contributed by atoms with E-state index in [1.165, 1.54) is 0 Å². The van der Waals surface area contributed by atoms with Crippen LogP contribution in [0.1, 0.15) is 33.2 Å². The Morgan fingerprint density at radius 3 is 1.86 bits per heavy atom. The van der Waals surface area contributed by atoms with Crippen LogP contribution >= 0.6 is 0 Å². The molecule has 4 N–H and O–H groups in total. The summed E-state index contributed by atoms with van der Waals surface area (Å²) in [7, 11) is 0. The van der Waals surface area contributed by atoms with Crippen molar-refractivity contribution < 1.29 is 9.59 Å². The molecule has 2 amide bonds. The molecule has 74 valence electrons. The normalized spacial score (nSPS) is 9.79. The molecule has 0 saturated carbocycles. The Balaban J connectivity index is 3.39. The van der Waals surface area contributed by atoms with Crippen LogP contribution in [0.15, 0.2) is 18.2 Å². The van der Waals surface area contributed by atoms with Crippen LogP contribution in [-0.4, -0.2) is 11.8 Å². The molecule has 0 aliphatic rings. The van der Waals surface area contributed by atoms with Gasteiger partial charge < -0.3 is 11.5 Å². The highest BCUT2D eigenvalue weighted by Gasteiger charge is 2.13. The van der Waals surface area contributed by atoms with Crippen molar-refractivity contribution in [2.45, 2.75) is 13.3 Å². The zero-order valence-electron chi connectivity index (χ0n) is 7.91. The molecule has 1 aromatic rings. The summed E-state index contributed by atoms with van der Waals surface area (Å²) in [5, 5.41) is 0. The van der Waals surface area contributed by atoms with Gasteiger partial charge in [-0.15, -0.1) is 0 Å². The minimum atomic E-state index is -0.537. The lowest BCUT2D eigenvalue weighted by Crippen LogP contribution is -2.19. The number of carbonyl (C=O) groups excluding carboxylic acids is 2. The van der Waals surface area contributed by atoms with E-state index in [1.807, 2.05) is 6.92 Å². The van der Waals surface area contributed by atoms with E-state index in [1.54, 1.807) is 18.2 Å². The summed E-state index contributed by atoms with van der Waals surface area (Å²) < 4.78 is 0. The van der Waals surface area contributed by atoms with E-state index in [9.17, 15) is 9.59 Å². The average Bonchev–Trinajstić information content (AvgIpc) is 2.16. The summed E-state index contributed by atoms with van der Waals surface area (Å²) in [6, 6.07) is 4.78. The molecule has 0 aliphatic carbocycles. The fourth-order valence-corrected chi connectivity index (χ4v) is 1.43. The van der Waals surface area contributed by atoms with Gasteiger partial charge >= 0.3 is 0 Å². The molecule has 0 saturated heterocycles. The summed E-state index contributed by atoms with van der Waals surface area (Å²) in [6.07, 6.45) is 0.553. The first-order valence-electron chi connectivity index (χ1n) is 4.29. The van der Waals surface area contributed by atoms with Gasteiger partial charge in [0.05, 0.1) is 0 Å². The molecule has 0 aromatic heterocycles. The maximum Gasteiger partial charge on any atom is 0.249 e. The van der Waals surface area contributed by atoms with Crippen LogP contribution in [-0.2, 0) is 6.42 Å². The number of amides is 2. The monoisotopic (exact) mass is 192 g/mol. The molecule has 1 aromatic carbocycles. The lowest BCUT2D eigenvalue weighted by molar-refractivity contribution is 0.0999. The van der Waals surface area contributed by atoms with E-state index in [-0.39, 0.29) is 0 Å². The molecule has 0 spiro atoms. The third-order valence-electron chi connectivity index (χ3n) is 2.06. The van der Waals surface area contributed by atoms with Crippen molar-refractivity contribution in [1.29, 1.82) is 0 Å². The van der Waals surface area contributed by atoms with E-state index in [2.05, 4.69) is 0 Å². The molecule has 0 fully saturated rings. The number of nitrogens with two attached hydrogens (primary N) is 2. The van der Waals surface area contributed by atoms with Gasteiger partial charge in [-0.25, -0.2) is 0 Å². The highest BCUT2D eigenvalue weighted by molar-refractivity contribution is 6.00. The Kier molecular flexibility index (Phi) is 2.86. The zero-order chi connectivity index (χ0) is 10.7. The Labute approximate surface area is 81.9 Å². The first-order valence-corrected chi connectivity index (χ1v) is 4.29. The van der Waals surface area contributed by atoms with Crippen LogP contribution in [0.3, 0.4) is 0 Å². The third-order valence-corrected chi connectivity index (χ3v) is 2.06. The van der Waals surface area contributed by atoms with Crippen molar-refractivity contribution in [2.24, 2.45) is 11.5 Å². The Hall–Kier alpha value is -1.84. The molecule has 0 unspecified atom stereocenters. The van der Waals surface area contributed by atoms with Crippen molar-refractivity contribution >= 4 is 11.8 Å². The van der Waals surface area contributed by atoms with Crippen LogP contribution in [0, 0.1) is 0 Å². The highest BCUT2D eigenvalue weighted by Crippen LogP contribution is 2.14. The Bertz CT molecular complexity index is 353. The van der Waals surface area contributed by atoms with Crippen LogP contribution in [0.2, 0.25) is 0 Å². The maximum atomic E-state index is 11.0. The predicted molar refractivity (Wildman–Crippen MR) is 52.9 cm³/mol. The molecule has 4 nitrogen and oxygen atoms in total. The summed E-state index contributed by atoms with van der Waals surface area (Å²) >= 11 is 0. The first kappa shape index (κ1) is 10.2. The number of hydrogen-bond acceptors (Lipinski definition) is 2. The largest absolute Gasteiger partial charge is 0.366 e. The van der Waals surface area contributed by atoms with Gasteiger partial charge in [-0.3, -0.25) is 9.59 Å². The second-order valence-corrected chi connectivity index (χ2v) is 2.91. The smallest absolute Gasteiger partial charge is 0.249 e. The summed E-state index contributed by atoms with van der Waals surface area (Å²) in [5.41, 5.74) is 11.7. The van der Waals surface area contributed by atoms with Gasteiger partial charge in [-0.1, -0.05) is 13.0 Å². The van der Waals surface area contributed by atoms with E-state index in [0.29, 0.717) is 23.1 Å². The lowest BCUT2D eigenvalue weighted by atomic mass is 9.98. The van der Waals surface area contributed by atoms with E-state index < -0.39 is 11.8 Å². The van der Waals surface area contributed by atoms with Gasteiger partial charge in [0.2, 0.25) is 11.8 Å². The van der Waals surface area contributed by atoms with Gasteiger partial charge in [0, 0.05) is 11.1 Å². The molecule has 0 aliphatic heterocycles. The lowest BCUT2D eigenvalue weighted by Gasteiger charge is -2.07. The maximum absolute atomic E-state index is 11.0. The molecule has 1 rings (SSSR count). The third kappa shape index (κ3) is 1.74. The van der Waals surface area contributed by atoms with Gasteiger partial charge in [0.25, 0.3) is 0 Å². The number of primary amides is 2. The Morgan fingerprint density at radius 2 is 1.57 bits per heavy atom. The quantitative estimate of drug-likeness (QED) is 0.728. The molecule has 4 heteroatoms. The van der Waals surface area contributed by atoms with Crippen LogP contribution in [0.25, 0.3) is 0 Å². The summed E-state index contributed by atoms with van der Waals surface area (Å²) in [4.78, 5) is 22.1. The summed E-state index contributed by atoms with van der Waals surface area (Å²) in [5.74, 6) is -1.07. The van der Waals surface area contributed by atoms with E-state index >= 15 is 0 Å². The molecule has 14 heavy (non-hydrogen) atoms. The van der Waals surface area contributed by atoms with Crippen molar-refractivity contribution in [3.05, 3.63) is 34.9 Å². The first-order chi connectivity index (χ1) is 6.57. The fourth-order valence-electron chi connectivity index (χ4n) is 1.43. The fraction of sp³-hybridized carbons (Fsp3) is 0.200. The van der Waals surface area contributed by atoms with Crippen molar-refractivity contribution in [3.8, 4) is 0 Å². The van der Waals surface area contributed by atoms with Crippen molar-refractivity contribution in [1.82, 2.24) is 0 Å². The number of hydrogen-bond donors (Lipinski definition) is 2. The van der Waals surface area contributed by atoms with Crippen molar-refractivity contribution in [3.63, 3.8) is 0 Å². The van der Waals surface area contributed by atoms with E-state index in [0.717, 1.165) is 0 Å². The molecule has 0 heterocycles. The second kappa shape index (κ2) is 3.91. The number of carbonyl (C=O) groups is 2. The van der Waals surface area contributed by atoms with Gasteiger partial charge in [-0.05, 0) is 24.1 Å². The zero-order valence-corrected chi connectivity index (χ0v) is 7.91. The Morgan fingerprint density at radius 1 is 1.14 bits per heavy atom. The molecular weight excluding hydrogens is 180 g/mol. The minimum Gasteiger partial charge on any atom is -0.366 e. The molecular formula is C10H12N2O2. The minimum absolute atomic E-state index is 0.365. The van der Waals surface area contributed by atoms with Gasteiger partial charge in [0.1, 0.15) is 0 Å². The number of rotatable bonds is 3. The van der Waals surface area contributed by atoms with Crippen LogP contribution in [0.4, 0.5) is 0 Å². The average molecular weight is 192 g/mol. The molecule has 0 atom stereocenters. The second-order valence-electron chi connectivity index (χ2n) is 2.91. The molecule has 0 radical (unpaired) electrons. The van der Waals surface area contributed by atoms with Gasteiger partial charge in [0.15, 0.2) is 0 Å². The van der Waals surface area contributed by atoms with Gasteiger partial charge in [-0.2, -0.15) is 0 Å². The van der Waals surface area contributed by atoms with Crippen LogP contribution in [0.5, 0.6) is 0 Å². The van der Waals surface area contributed by atoms with E-state index in [4.69, 9.17) is 11.5 Å². The van der Waals surface area contributed by atoms with Crippen molar-refractivity contribution in [2.75, 3.05) is 0 Å². The van der Waals surface area contributed by atoms with Crippen LogP contribution < -0.4 is 11.5 Å². The topological polar surface area (TPSA) is 86.2 Å². The SMILES string of the molecule is CCc1c(C(N)=O)cccc1C(N)=O. The molecule has 0 bridgehead atoms. The highest BCUT2D eigenvalue weighted by atomic mass is 16.1. The standard InChI is InChI=1S/C10H12N2O2/c1-2-6-7(9(11)13)4-3-5-8(6)10(12)14/h3-5H,2H2,1H3,(H2,11,13)(H2,12,14). The number of benzene rings is 1.